The summed E-state index contributed by atoms with van der Waals surface area (Å²) in [6.07, 6.45) is -0.606. The monoisotopic (exact) mass is 382 g/mol. The van der Waals surface area contributed by atoms with Gasteiger partial charge in [0.2, 0.25) is 0 Å². The number of aliphatic hydroxyl groups is 1. The molecule has 0 saturated heterocycles. The fourth-order valence-corrected chi connectivity index (χ4v) is 3.18. The van der Waals surface area contributed by atoms with Gasteiger partial charge in [-0.25, -0.2) is 0 Å². The van der Waals surface area contributed by atoms with Crippen molar-refractivity contribution in [1.82, 2.24) is 0 Å². The molecule has 3 heteroatoms. The first kappa shape index (κ1) is 15.3. The van der Waals surface area contributed by atoms with E-state index in [1.54, 1.807) is 7.11 Å². The van der Waals surface area contributed by atoms with Crippen LogP contribution in [-0.4, -0.2) is 12.2 Å². The van der Waals surface area contributed by atoms with Gasteiger partial charge in [-0.3, -0.25) is 0 Å². The molecule has 1 N–H and O–H groups in total. The van der Waals surface area contributed by atoms with Crippen LogP contribution in [0.5, 0.6) is 5.75 Å². The molecule has 0 amide bonds. The van der Waals surface area contributed by atoms with Crippen LogP contribution in [0, 0.1) is 24.3 Å². The van der Waals surface area contributed by atoms with Gasteiger partial charge in [0.1, 0.15) is 11.9 Å². The molecular weight excluding hydrogens is 363 g/mol. The summed E-state index contributed by atoms with van der Waals surface area (Å²) in [5.41, 5.74) is 5.14. The lowest BCUT2D eigenvalue weighted by molar-refractivity contribution is 0.219. The van der Waals surface area contributed by atoms with E-state index in [1.165, 1.54) is 5.56 Å². The average Bonchev–Trinajstić information content (AvgIpc) is 2.41. The number of methoxy groups -OCH3 is 1. The molecule has 0 aliphatic heterocycles. The highest BCUT2D eigenvalue weighted by Crippen LogP contribution is 2.32. The fraction of sp³-hybridized carbons (Fsp3) is 0.294. The van der Waals surface area contributed by atoms with Crippen molar-refractivity contribution in [3.8, 4) is 5.75 Å². The Hall–Kier alpha value is -1.07. The molecule has 2 aromatic carbocycles. The molecule has 1 unspecified atom stereocenters. The Bertz CT molecular complexity index is 612. The van der Waals surface area contributed by atoms with Crippen LogP contribution in [-0.2, 0) is 0 Å². The van der Waals surface area contributed by atoms with Crippen molar-refractivity contribution in [2.45, 2.75) is 26.9 Å². The average molecular weight is 382 g/mol. The highest BCUT2D eigenvalue weighted by molar-refractivity contribution is 14.1. The van der Waals surface area contributed by atoms with Gasteiger partial charge in [-0.15, -0.1) is 0 Å². The molecule has 0 spiro atoms. The van der Waals surface area contributed by atoms with Crippen molar-refractivity contribution >= 4 is 22.6 Å². The first-order valence-corrected chi connectivity index (χ1v) is 7.61. The number of halogens is 1. The second-order valence-corrected chi connectivity index (χ2v) is 6.15. The first-order chi connectivity index (χ1) is 9.45. The standard InChI is InChI=1S/C17H19IO2/c1-10-6-5-7-14(15(10)18)16(19)13-8-11(2)17(20-4)12(3)9-13/h5-9,16,19H,1-4H3. The predicted octanol–water partition coefficient (Wildman–Crippen LogP) is 4.31. The maximum absolute atomic E-state index is 10.7. The summed E-state index contributed by atoms with van der Waals surface area (Å²) in [6, 6.07) is 10.0. The van der Waals surface area contributed by atoms with Gasteiger partial charge in [-0.1, -0.05) is 18.2 Å². The second-order valence-electron chi connectivity index (χ2n) is 5.07. The van der Waals surface area contributed by atoms with Gasteiger partial charge < -0.3 is 9.84 Å². The van der Waals surface area contributed by atoms with Gasteiger partial charge in [0.15, 0.2) is 0 Å². The molecule has 2 rings (SSSR count). The minimum absolute atomic E-state index is 0.606. The van der Waals surface area contributed by atoms with Crippen LogP contribution in [0.2, 0.25) is 0 Å². The van der Waals surface area contributed by atoms with E-state index in [0.717, 1.165) is 31.6 Å². The van der Waals surface area contributed by atoms with E-state index in [2.05, 4.69) is 35.6 Å². The molecule has 0 aliphatic carbocycles. The minimum atomic E-state index is -0.606. The molecule has 0 heterocycles. The van der Waals surface area contributed by atoms with Crippen LogP contribution in [0.1, 0.15) is 33.9 Å². The van der Waals surface area contributed by atoms with Crippen molar-refractivity contribution < 1.29 is 9.84 Å². The Kier molecular flexibility index (Phi) is 4.70. The molecule has 2 nitrogen and oxygen atoms in total. The van der Waals surface area contributed by atoms with Crippen LogP contribution in [0.15, 0.2) is 30.3 Å². The number of ether oxygens (including phenoxy) is 1. The van der Waals surface area contributed by atoms with Crippen molar-refractivity contribution in [3.63, 3.8) is 0 Å². The summed E-state index contributed by atoms with van der Waals surface area (Å²) in [5, 5.41) is 10.7. The summed E-state index contributed by atoms with van der Waals surface area (Å²) in [5.74, 6) is 0.889. The molecular formula is C17H19IO2. The molecule has 1 atom stereocenters. The lowest BCUT2D eigenvalue weighted by atomic mass is 9.96. The Morgan fingerprint density at radius 2 is 1.65 bits per heavy atom. The van der Waals surface area contributed by atoms with Crippen molar-refractivity contribution in [2.75, 3.05) is 7.11 Å². The van der Waals surface area contributed by atoms with Crippen molar-refractivity contribution in [2.24, 2.45) is 0 Å². The van der Waals surface area contributed by atoms with E-state index in [9.17, 15) is 5.11 Å². The van der Waals surface area contributed by atoms with Crippen molar-refractivity contribution in [3.05, 3.63) is 61.7 Å². The molecule has 0 bridgehead atoms. The zero-order chi connectivity index (χ0) is 14.9. The number of rotatable bonds is 3. The maximum atomic E-state index is 10.7. The van der Waals surface area contributed by atoms with E-state index in [-0.39, 0.29) is 0 Å². The third kappa shape index (κ3) is 2.83. The maximum Gasteiger partial charge on any atom is 0.124 e. The van der Waals surface area contributed by atoms with Crippen LogP contribution >= 0.6 is 22.6 Å². The largest absolute Gasteiger partial charge is 0.496 e. The lowest BCUT2D eigenvalue weighted by Crippen LogP contribution is -2.05. The number of hydrogen-bond donors (Lipinski definition) is 1. The van der Waals surface area contributed by atoms with Gasteiger partial charge in [0, 0.05) is 3.57 Å². The molecule has 0 aliphatic rings. The zero-order valence-corrected chi connectivity index (χ0v) is 14.4. The SMILES string of the molecule is COc1c(C)cc(C(O)c2cccc(C)c2I)cc1C. The topological polar surface area (TPSA) is 29.5 Å². The van der Waals surface area contributed by atoms with Crippen LogP contribution in [0.4, 0.5) is 0 Å². The zero-order valence-electron chi connectivity index (χ0n) is 12.2. The summed E-state index contributed by atoms with van der Waals surface area (Å²) < 4.78 is 6.49. The third-order valence-corrected chi connectivity index (χ3v) is 4.99. The van der Waals surface area contributed by atoms with E-state index in [4.69, 9.17) is 4.74 Å². The van der Waals surface area contributed by atoms with Crippen LogP contribution in [0.25, 0.3) is 0 Å². The van der Waals surface area contributed by atoms with Gasteiger partial charge in [0.05, 0.1) is 7.11 Å². The Morgan fingerprint density at radius 3 is 2.20 bits per heavy atom. The second kappa shape index (κ2) is 6.14. The highest BCUT2D eigenvalue weighted by Gasteiger charge is 2.17. The van der Waals surface area contributed by atoms with Gasteiger partial charge in [-0.05, 0) is 83.3 Å². The fourth-order valence-electron chi connectivity index (χ4n) is 2.52. The van der Waals surface area contributed by atoms with Gasteiger partial charge >= 0.3 is 0 Å². The number of hydrogen-bond acceptors (Lipinski definition) is 2. The van der Waals surface area contributed by atoms with E-state index in [0.29, 0.717) is 0 Å². The molecule has 0 saturated carbocycles. The van der Waals surface area contributed by atoms with Crippen LogP contribution < -0.4 is 4.74 Å². The quantitative estimate of drug-likeness (QED) is 0.802. The Morgan fingerprint density at radius 1 is 1.05 bits per heavy atom. The molecule has 0 radical (unpaired) electrons. The highest BCUT2D eigenvalue weighted by atomic mass is 127. The Balaban J connectivity index is 2.49. The van der Waals surface area contributed by atoms with Crippen molar-refractivity contribution in [1.29, 1.82) is 0 Å². The normalized spacial score (nSPS) is 12.3. The predicted molar refractivity (Wildman–Crippen MR) is 90.4 cm³/mol. The van der Waals surface area contributed by atoms with Crippen LogP contribution in [0.3, 0.4) is 0 Å². The molecule has 0 aromatic heterocycles. The summed E-state index contributed by atoms with van der Waals surface area (Å²) in [6.45, 7) is 6.06. The molecule has 106 valence electrons. The van der Waals surface area contributed by atoms with Gasteiger partial charge in [-0.2, -0.15) is 0 Å². The smallest absolute Gasteiger partial charge is 0.124 e. The lowest BCUT2D eigenvalue weighted by Gasteiger charge is -2.18. The number of aryl methyl sites for hydroxylation is 3. The number of aliphatic hydroxyl groups excluding tert-OH is 1. The minimum Gasteiger partial charge on any atom is -0.496 e. The Labute approximate surface area is 133 Å². The third-order valence-electron chi connectivity index (χ3n) is 3.52. The molecule has 20 heavy (non-hydrogen) atoms. The molecule has 2 aromatic rings. The van der Waals surface area contributed by atoms with E-state index >= 15 is 0 Å². The summed E-state index contributed by atoms with van der Waals surface area (Å²) in [7, 11) is 1.68. The molecule has 0 fully saturated rings. The first-order valence-electron chi connectivity index (χ1n) is 6.54. The number of benzene rings is 2. The van der Waals surface area contributed by atoms with E-state index < -0.39 is 6.10 Å². The van der Waals surface area contributed by atoms with E-state index in [1.807, 2.05) is 38.1 Å². The summed E-state index contributed by atoms with van der Waals surface area (Å²) >= 11 is 2.29. The summed E-state index contributed by atoms with van der Waals surface area (Å²) in [4.78, 5) is 0. The van der Waals surface area contributed by atoms with Gasteiger partial charge in [0.25, 0.3) is 0 Å².